The Morgan fingerprint density at radius 1 is 1.21 bits per heavy atom. The molecule has 4 rings (SSSR count). The molecule has 1 aliphatic heterocycles. The van der Waals surface area contributed by atoms with Gasteiger partial charge in [0.2, 0.25) is 10.0 Å². The van der Waals surface area contributed by atoms with Crippen molar-refractivity contribution < 1.29 is 17.7 Å². The molecule has 180 valence electrons. The van der Waals surface area contributed by atoms with Gasteiger partial charge in [-0.1, -0.05) is 25.1 Å². The zero-order valence-corrected chi connectivity index (χ0v) is 19.7. The van der Waals surface area contributed by atoms with E-state index in [1.807, 2.05) is 0 Å². The molecule has 2 heterocycles. The van der Waals surface area contributed by atoms with Crippen LogP contribution in [0.15, 0.2) is 59.8 Å². The molecule has 9 nitrogen and oxygen atoms in total. The maximum absolute atomic E-state index is 14.7. The van der Waals surface area contributed by atoms with Crippen LogP contribution in [0.3, 0.4) is 0 Å². The van der Waals surface area contributed by atoms with Crippen LogP contribution in [0.1, 0.15) is 37.2 Å². The van der Waals surface area contributed by atoms with Crippen LogP contribution in [0, 0.1) is 21.8 Å². The molecular formula is C23H26FN5O4S. The van der Waals surface area contributed by atoms with Crippen molar-refractivity contribution in [1.29, 1.82) is 0 Å². The van der Waals surface area contributed by atoms with Crippen LogP contribution in [0.25, 0.3) is 0 Å². The second-order valence-electron chi connectivity index (χ2n) is 8.52. The van der Waals surface area contributed by atoms with Crippen molar-refractivity contribution in [2.75, 3.05) is 18.4 Å². The Balaban J connectivity index is 1.73. The van der Waals surface area contributed by atoms with Crippen LogP contribution in [0.4, 0.5) is 15.8 Å². The smallest absolute Gasteiger partial charge is 0.293 e. The minimum atomic E-state index is -3.87. The predicted octanol–water partition coefficient (Wildman–Crippen LogP) is 4.09. The zero-order chi connectivity index (χ0) is 24.5. The van der Waals surface area contributed by atoms with Gasteiger partial charge in [0.05, 0.1) is 9.82 Å². The average Bonchev–Trinajstić information content (AvgIpc) is 3.23. The molecule has 1 aliphatic rings. The highest BCUT2D eigenvalue weighted by Crippen LogP contribution is 2.35. The molecule has 0 saturated carbocycles. The number of nitrogens with zero attached hydrogens (tertiary/aromatic N) is 4. The predicted molar refractivity (Wildman–Crippen MR) is 125 cm³/mol. The number of piperidine rings is 1. The van der Waals surface area contributed by atoms with Gasteiger partial charge >= 0.3 is 0 Å². The lowest BCUT2D eigenvalue weighted by Crippen LogP contribution is -2.37. The van der Waals surface area contributed by atoms with Gasteiger partial charge in [0, 0.05) is 44.2 Å². The number of hydrogen-bond acceptors (Lipinski definition) is 6. The summed E-state index contributed by atoms with van der Waals surface area (Å²) in [5, 5.41) is 14.9. The minimum Gasteiger partial charge on any atom is -0.366 e. The van der Waals surface area contributed by atoms with Crippen molar-refractivity contribution in [1.82, 2.24) is 13.9 Å². The Hall–Kier alpha value is -3.31. The quantitative estimate of drug-likeness (QED) is 0.397. The average molecular weight is 488 g/mol. The Kier molecular flexibility index (Phi) is 6.67. The first-order valence-corrected chi connectivity index (χ1v) is 12.4. The number of benzene rings is 2. The summed E-state index contributed by atoms with van der Waals surface area (Å²) in [7, 11) is -2.13. The highest BCUT2D eigenvalue weighted by Gasteiger charge is 2.31. The number of hydrogen-bond donors (Lipinski definition) is 1. The number of aryl methyl sites for hydroxylation is 1. The van der Waals surface area contributed by atoms with Crippen LogP contribution in [0.2, 0.25) is 0 Å². The van der Waals surface area contributed by atoms with Crippen LogP contribution in [-0.4, -0.2) is 40.3 Å². The van der Waals surface area contributed by atoms with E-state index in [1.54, 1.807) is 42.2 Å². The van der Waals surface area contributed by atoms with Crippen molar-refractivity contribution in [3.05, 3.63) is 82.2 Å². The monoisotopic (exact) mass is 487 g/mol. The maximum atomic E-state index is 14.7. The summed E-state index contributed by atoms with van der Waals surface area (Å²) in [6, 6.07) is 9.02. The van der Waals surface area contributed by atoms with Crippen molar-refractivity contribution in [3.8, 4) is 0 Å². The van der Waals surface area contributed by atoms with E-state index in [0.29, 0.717) is 24.8 Å². The van der Waals surface area contributed by atoms with Gasteiger partial charge in [0.15, 0.2) is 0 Å². The lowest BCUT2D eigenvalue weighted by Gasteiger charge is -2.29. The van der Waals surface area contributed by atoms with E-state index in [1.165, 1.54) is 22.5 Å². The van der Waals surface area contributed by atoms with E-state index < -0.39 is 32.5 Å². The first-order valence-electron chi connectivity index (χ1n) is 10.9. The molecule has 0 radical (unpaired) electrons. The molecule has 0 amide bonds. The number of nitro benzene ring substituents is 1. The molecule has 1 unspecified atom stereocenters. The fourth-order valence-corrected chi connectivity index (χ4v) is 5.61. The molecule has 11 heteroatoms. The van der Waals surface area contributed by atoms with E-state index in [-0.39, 0.29) is 16.1 Å². The Morgan fingerprint density at radius 3 is 2.53 bits per heavy atom. The number of anilines is 1. The lowest BCUT2D eigenvalue weighted by molar-refractivity contribution is -0.384. The molecule has 1 aromatic heterocycles. The Morgan fingerprint density at radius 2 is 1.91 bits per heavy atom. The van der Waals surface area contributed by atoms with Gasteiger partial charge in [-0.15, -0.1) is 0 Å². The highest BCUT2D eigenvalue weighted by atomic mass is 32.2. The summed E-state index contributed by atoms with van der Waals surface area (Å²) in [6.45, 7) is 2.83. The second kappa shape index (κ2) is 9.51. The van der Waals surface area contributed by atoms with Crippen molar-refractivity contribution in [2.45, 2.75) is 30.7 Å². The number of nitrogens with one attached hydrogen (secondary N) is 1. The zero-order valence-electron chi connectivity index (χ0n) is 18.9. The summed E-state index contributed by atoms with van der Waals surface area (Å²) < 4.78 is 44.0. The van der Waals surface area contributed by atoms with Gasteiger partial charge in [0.25, 0.3) is 5.69 Å². The molecule has 1 N–H and O–H groups in total. The maximum Gasteiger partial charge on any atom is 0.293 e. The number of nitro groups is 1. The topological polar surface area (TPSA) is 110 Å². The number of rotatable bonds is 7. The molecular weight excluding hydrogens is 461 g/mol. The summed E-state index contributed by atoms with van der Waals surface area (Å²) >= 11 is 0. The molecule has 0 bridgehead atoms. The van der Waals surface area contributed by atoms with Gasteiger partial charge in [-0.25, -0.2) is 17.8 Å². The second-order valence-corrected chi connectivity index (χ2v) is 10.5. The summed E-state index contributed by atoms with van der Waals surface area (Å²) in [5.41, 5.74) is -0.0975. The molecule has 34 heavy (non-hydrogen) atoms. The third-order valence-corrected chi connectivity index (χ3v) is 8.07. The molecule has 1 fully saturated rings. The van der Waals surface area contributed by atoms with Crippen molar-refractivity contribution in [2.24, 2.45) is 13.0 Å². The van der Waals surface area contributed by atoms with Crippen molar-refractivity contribution in [3.63, 3.8) is 0 Å². The molecule has 0 aliphatic carbocycles. The molecule has 1 atom stereocenters. The summed E-state index contributed by atoms with van der Waals surface area (Å²) in [4.78, 5) is 15.4. The fraction of sp³-hybridized carbons (Fsp3) is 0.348. The van der Waals surface area contributed by atoms with Crippen molar-refractivity contribution >= 4 is 21.4 Å². The lowest BCUT2D eigenvalue weighted by atomic mass is 10.0. The van der Waals surface area contributed by atoms with Crippen LogP contribution >= 0.6 is 0 Å². The van der Waals surface area contributed by atoms with Gasteiger partial charge < -0.3 is 9.88 Å². The number of aromatic nitrogens is 2. The molecule has 2 aromatic carbocycles. The van der Waals surface area contributed by atoms with E-state index in [2.05, 4.69) is 17.2 Å². The minimum absolute atomic E-state index is 0.0625. The first kappa shape index (κ1) is 23.8. The van der Waals surface area contributed by atoms with E-state index in [9.17, 15) is 22.9 Å². The van der Waals surface area contributed by atoms with Gasteiger partial charge in [-0.05, 0) is 37.0 Å². The highest BCUT2D eigenvalue weighted by molar-refractivity contribution is 7.89. The number of imidazole rings is 1. The molecule has 0 spiro atoms. The van der Waals surface area contributed by atoms with Crippen LogP contribution in [0.5, 0.6) is 0 Å². The Labute approximate surface area is 197 Å². The number of halogens is 1. The third-order valence-electron chi connectivity index (χ3n) is 6.18. The van der Waals surface area contributed by atoms with E-state index in [0.717, 1.165) is 18.9 Å². The molecule has 1 saturated heterocycles. The van der Waals surface area contributed by atoms with Gasteiger partial charge in [0.1, 0.15) is 23.4 Å². The first-order chi connectivity index (χ1) is 16.2. The summed E-state index contributed by atoms with van der Waals surface area (Å²) in [5.74, 6) is 0.386. The van der Waals surface area contributed by atoms with E-state index >= 15 is 0 Å². The SMILES string of the molecule is CC1CCN(S(=O)(=O)c2ccc(NC(c3ccccc3F)c3nccn3C)c([N+](=O)[O-])c2)CC1. The normalized spacial score (nSPS) is 16.3. The molecule has 3 aromatic rings. The largest absolute Gasteiger partial charge is 0.366 e. The van der Waals surface area contributed by atoms with Gasteiger partial charge in [-0.2, -0.15) is 4.31 Å². The van der Waals surface area contributed by atoms with E-state index in [4.69, 9.17) is 0 Å². The fourth-order valence-electron chi connectivity index (χ4n) is 4.12. The number of sulfonamides is 1. The van der Waals surface area contributed by atoms with Crippen LogP contribution < -0.4 is 5.32 Å². The standard InChI is InChI=1S/C23H26FN5O4S/c1-16-9-12-28(13-10-16)34(32,33)17-7-8-20(21(15-17)29(30)31)26-22(23-25-11-14-27(23)2)18-5-3-4-6-19(18)24/h3-8,11,14-16,22,26H,9-10,12-13H2,1-2H3. The summed E-state index contributed by atoms with van der Waals surface area (Å²) in [6.07, 6.45) is 4.73. The third kappa shape index (κ3) is 4.66. The van der Waals surface area contributed by atoms with Crippen LogP contribution in [-0.2, 0) is 17.1 Å². The van der Waals surface area contributed by atoms with Gasteiger partial charge in [-0.3, -0.25) is 10.1 Å². The Bertz CT molecular complexity index is 1300.